The number of nitrogens with one attached hydrogen (secondary N) is 2. The first kappa shape index (κ1) is 15.9. The van der Waals surface area contributed by atoms with Gasteiger partial charge in [0.05, 0.1) is 12.1 Å². The van der Waals surface area contributed by atoms with Crippen LogP contribution in [0.25, 0.3) is 11.0 Å². The summed E-state index contributed by atoms with van der Waals surface area (Å²) < 4.78 is 11.4. The Kier molecular flexibility index (Phi) is 4.57. The van der Waals surface area contributed by atoms with Gasteiger partial charge >= 0.3 is 6.03 Å². The molecule has 1 aliphatic rings. The summed E-state index contributed by atoms with van der Waals surface area (Å²) in [6.07, 6.45) is 1.91. The van der Waals surface area contributed by atoms with E-state index in [1.807, 2.05) is 45.0 Å². The molecule has 3 atom stereocenters. The highest BCUT2D eigenvalue weighted by Crippen LogP contribution is 2.29. The lowest BCUT2D eigenvalue weighted by Crippen LogP contribution is -2.46. The third-order valence-electron chi connectivity index (χ3n) is 4.44. The standard InChI is InChI=1S/C18H24N2O3/c1-11-10-14(8-9-22-11)20-18(21)19-13(3)17-12(2)15-6-4-5-7-16(15)23-17/h4-7,11,13-14H,8-10H2,1-3H3,(H2,19,20,21). The van der Waals surface area contributed by atoms with Gasteiger partial charge < -0.3 is 19.8 Å². The van der Waals surface area contributed by atoms with Crippen molar-refractivity contribution >= 4 is 17.0 Å². The molecule has 23 heavy (non-hydrogen) atoms. The van der Waals surface area contributed by atoms with Gasteiger partial charge in [-0.25, -0.2) is 4.79 Å². The predicted molar refractivity (Wildman–Crippen MR) is 89.5 cm³/mol. The second-order valence-corrected chi connectivity index (χ2v) is 6.33. The molecule has 1 aliphatic heterocycles. The Labute approximate surface area is 136 Å². The number of carbonyl (C=O) groups excluding carboxylic acids is 1. The van der Waals surface area contributed by atoms with Crippen LogP contribution in [0.1, 0.15) is 44.1 Å². The fourth-order valence-corrected chi connectivity index (χ4v) is 3.22. The quantitative estimate of drug-likeness (QED) is 0.908. The van der Waals surface area contributed by atoms with Gasteiger partial charge in [0, 0.05) is 23.6 Å². The number of fused-ring (bicyclic) bond motifs is 1. The number of benzene rings is 1. The van der Waals surface area contributed by atoms with E-state index >= 15 is 0 Å². The molecule has 1 aromatic carbocycles. The number of para-hydroxylation sites is 1. The minimum Gasteiger partial charge on any atom is -0.459 e. The van der Waals surface area contributed by atoms with Crippen LogP contribution in [-0.4, -0.2) is 24.8 Å². The molecule has 5 heteroatoms. The van der Waals surface area contributed by atoms with Gasteiger partial charge in [-0.3, -0.25) is 0 Å². The lowest BCUT2D eigenvalue weighted by atomic mass is 10.0. The fraction of sp³-hybridized carbons (Fsp3) is 0.500. The second-order valence-electron chi connectivity index (χ2n) is 6.33. The summed E-state index contributed by atoms with van der Waals surface area (Å²) >= 11 is 0. The molecule has 2 heterocycles. The maximum atomic E-state index is 12.2. The first-order valence-electron chi connectivity index (χ1n) is 8.21. The summed E-state index contributed by atoms with van der Waals surface area (Å²) in [4.78, 5) is 12.2. The largest absolute Gasteiger partial charge is 0.459 e. The normalized spacial score (nSPS) is 22.7. The molecule has 5 nitrogen and oxygen atoms in total. The minimum atomic E-state index is -0.181. The number of ether oxygens (including phenoxy) is 1. The minimum absolute atomic E-state index is 0.156. The molecule has 0 spiro atoms. The molecule has 2 N–H and O–H groups in total. The Morgan fingerprint density at radius 3 is 2.87 bits per heavy atom. The van der Waals surface area contributed by atoms with E-state index in [0.29, 0.717) is 6.61 Å². The van der Waals surface area contributed by atoms with Crippen LogP contribution < -0.4 is 10.6 Å². The van der Waals surface area contributed by atoms with E-state index in [0.717, 1.165) is 35.1 Å². The third-order valence-corrected chi connectivity index (χ3v) is 4.44. The Bertz CT molecular complexity index is 695. The molecule has 124 valence electrons. The average molecular weight is 316 g/mol. The van der Waals surface area contributed by atoms with Crippen molar-refractivity contribution in [1.29, 1.82) is 0 Å². The molecule has 1 fully saturated rings. The molecule has 0 radical (unpaired) electrons. The van der Waals surface area contributed by atoms with Crippen LogP contribution in [0.3, 0.4) is 0 Å². The number of aryl methyl sites for hydroxylation is 1. The van der Waals surface area contributed by atoms with Crippen LogP contribution in [0, 0.1) is 6.92 Å². The number of amides is 2. The summed E-state index contributed by atoms with van der Waals surface area (Å²) in [5.74, 6) is 0.807. The van der Waals surface area contributed by atoms with E-state index in [1.54, 1.807) is 0 Å². The first-order chi connectivity index (χ1) is 11.0. The summed E-state index contributed by atoms with van der Waals surface area (Å²) in [6.45, 7) is 6.70. The van der Waals surface area contributed by atoms with Crippen molar-refractivity contribution < 1.29 is 13.9 Å². The number of carbonyl (C=O) groups is 1. The van der Waals surface area contributed by atoms with Crippen LogP contribution in [0.5, 0.6) is 0 Å². The van der Waals surface area contributed by atoms with E-state index in [4.69, 9.17) is 9.15 Å². The van der Waals surface area contributed by atoms with E-state index in [1.165, 1.54) is 0 Å². The predicted octanol–water partition coefficient (Wildman–Crippen LogP) is 3.67. The van der Waals surface area contributed by atoms with Crippen molar-refractivity contribution in [3.63, 3.8) is 0 Å². The molecule has 3 rings (SSSR count). The molecule has 2 amide bonds. The van der Waals surface area contributed by atoms with Crippen molar-refractivity contribution in [1.82, 2.24) is 10.6 Å². The van der Waals surface area contributed by atoms with Gasteiger partial charge in [-0.2, -0.15) is 0 Å². The van der Waals surface area contributed by atoms with E-state index < -0.39 is 0 Å². The van der Waals surface area contributed by atoms with Gasteiger partial charge in [-0.1, -0.05) is 18.2 Å². The van der Waals surface area contributed by atoms with Crippen molar-refractivity contribution in [3.05, 3.63) is 35.6 Å². The number of rotatable bonds is 3. The van der Waals surface area contributed by atoms with Crippen LogP contribution in [0.2, 0.25) is 0 Å². The molecule has 0 bridgehead atoms. The third kappa shape index (κ3) is 3.50. The zero-order chi connectivity index (χ0) is 16.4. The van der Waals surface area contributed by atoms with E-state index in [-0.39, 0.29) is 24.2 Å². The summed E-state index contributed by atoms with van der Waals surface area (Å²) in [6, 6.07) is 7.76. The highest BCUT2D eigenvalue weighted by atomic mass is 16.5. The van der Waals surface area contributed by atoms with Crippen molar-refractivity contribution in [2.45, 2.75) is 51.8 Å². The zero-order valence-electron chi connectivity index (χ0n) is 13.9. The van der Waals surface area contributed by atoms with Gasteiger partial charge in [0.2, 0.25) is 0 Å². The summed E-state index contributed by atoms with van der Waals surface area (Å²) in [5.41, 5.74) is 1.93. The Morgan fingerprint density at radius 1 is 1.35 bits per heavy atom. The zero-order valence-corrected chi connectivity index (χ0v) is 13.9. The highest BCUT2D eigenvalue weighted by Gasteiger charge is 2.23. The Hall–Kier alpha value is -2.01. The SMILES string of the molecule is Cc1c(C(C)NC(=O)NC2CCOC(C)C2)oc2ccccc12. The molecule has 2 aromatic rings. The van der Waals surface area contributed by atoms with Gasteiger partial charge in [0.25, 0.3) is 0 Å². The van der Waals surface area contributed by atoms with Gasteiger partial charge in [0.15, 0.2) is 0 Å². The average Bonchev–Trinajstić information content (AvgIpc) is 2.85. The Morgan fingerprint density at radius 2 is 2.13 bits per heavy atom. The number of hydrogen-bond acceptors (Lipinski definition) is 3. The second kappa shape index (κ2) is 6.62. The fourth-order valence-electron chi connectivity index (χ4n) is 3.22. The number of urea groups is 1. The van der Waals surface area contributed by atoms with Gasteiger partial charge in [-0.05, 0) is 39.7 Å². The maximum Gasteiger partial charge on any atom is 0.315 e. The summed E-state index contributed by atoms with van der Waals surface area (Å²) in [7, 11) is 0. The van der Waals surface area contributed by atoms with Crippen molar-refractivity contribution in [2.75, 3.05) is 6.61 Å². The van der Waals surface area contributed by atoms with Crippen molar-refractivity contribution in [3.8, 4) is 0 Å². The molecular formula is C18H24N2O3. The number of furan rings is 1. The number of hydrogen-bond donors (Lipinski definition) is 2. The lowest BCUT2D eigenvalue weighted by Gasteiger charge is -2.28. The molecule has 1 saturated heterocycles. The van der Waals surface area contributed by atoms with Gasteiger partial charge in [-0.15, -0.1) is 0 Å². The monoisotopic (exact) mass is 316 g/mol. The first-order valence-corrected chi connectivity index (χ1v) is 8.21. The van der Waals surface area contributed by atoms with Crippen LogP contribution in [-0.2, 0) is 4.74 Å². The maximum absolute atomic E-state index is 12.2. The van der Waals surface area contributed by atoms with E-state index in [2.05, 4.69) is 10.6 Å². The van der Waals surface area contributed by atoms with E-state index in [9.17, 15) is 4.79 Å². The lowest BCUT2D eigenvalue weighted by molar-refractivity contribution is 0.0153. The summed E-state index contributed by atoms with van der Waals surface area (Å²) in [5, 5.41) is 7.10. The van der Waals surface area contributed by atoms with Crippen LogP contribution >= 0.6 is 0 Å². The molecule has 3 unspecified atom stereocenters. The van der Waals surface area contributed by atoms with Crippen LogP contribution in [0.15, 0.2) is 28.7 Å². The highest BCUT2D eigenvalue weighted by molar-refractivity contribution is 5.82. The van der Waals surface area contributed by atoms with Gasteiger partial charge in [0.1, 0.15) is 11.3 Å². The smallest absolute Gasteiger partial charge is 0.315 e. The van der Waals surface area contributed by atoms with Crippen molar-refractivity contribution in [2.24, 2.45) is 0 Å². The van der Waals surface area contributed by atoms with Crippen LogP contribution in [0.4, 0.5) is 4.79 Å². The molecule has 0 aliphatic carbocycles. The Balaban J connectivity index is 1.64. The molecular weight excluding hydrogens is 292 g/mol. The molecule has 1 aromatic heterocycles. The molecule has 0 saturated carbocycles. The topological polar surface area (TPSA) is 63.5 Å².